The molecule has 0 saturated carbocycles. The Balaban J connectivity index is 1.54. The van der Waals surface area contributed by atoms with Crippen molar-refractivity contribution in [1.82, 2.24) is 4.72 Å². The van der Waals surface area contributed by atoms with E-state index >= 15 is 0 Å². The van der Waals surface area contributed by atoms with Crippen LogP contribution in [0.5, 0.6) is 11.5 Å². The maximum Gasteiger partial charge on any atom is 0.242 e. The van der Waals surface area contributed by atoms with Crippen molar-refractivity contribution >= 4 is 33.2 Å². The zero-order valence-corrected chi connectivity index (χ0v) is 16.0. The second kappa shape index (κ2) is 8.60. The van der Waals surface area contributed by atoms with E-state index in [1.807, 2.05) is 0 Å². The molecule has 0 saturated heterocycles. The van der Waals surface area contributed by atoms with Gasteiger partial charge in [-0.15, -0.1) is 0 Å². The summed E-state index contributed by atoms with van der Waals surface area (Å²) in [4.78, 5) is 12.1. The number of hydrogen-bond donors (Lipinski definition) is 2. The monoisotopic (exact) mass is 410 g/mol. The number of ether oxygens (including phenoxy) is 2. The van der Waals surface area contributed by atoms with Crippen LogP contribution >= 0.6 is 11.6 Å². The maximum atomic E-state index is 12.2. The number of amides is 1. The molecule has 0 atom stereocenters. The smallest absolute Gasteiger partial charge is 0.242 e. The number of carbonyl (C=O) groups is 1. The van der Waals surface area contributed by atoms with Gasteiger partial charge in [0.2, 0.25) is 15.9 Å². The first-order valence-corrected chi connectivity index (χ1v) is 10.3. The van der Waals surface area contributed by atoms with Crippen LogP contribution in [0.2, 0.25) is 5.02 Å². The molecule has 1 amide bonds. The van der Waals surface area contributed by atoms with Crippen LogP contribution in [0.3, 0.4) is 0 Å². The molecule has 1 aliphatic heterocycles. The van der Waals surface area contributed by atoms with E-state index in [1.54, 1.807) is 30.3 Å². The van der Waals surface area contributed by atoms with E-state index in [9.17, 15) is 13.2 Å². The highest BCUT2D eigenvalue weighted by atomic mass is 35.5. The molecule has 0 aromatic heterocycles. The number of hydrogen-bond acceptors (Lipinski definition) is 5. The fraction of sp³-hybridized carbons (Fsp3) is 0.278. The third-order valence-electron chi connectivity index (χ3n) is 3.80. The molecule has 144 valence electrons. The lowest BCUT2D eigenvalue weighted by atomic mass is 10.2. The van der Waals surface area contributed by atoms with Gasteiger partial charge in [-0.25, -0.2) is 13.1 Å². The van der Waals surface area contributed by atoms with Crippen LogP contribution in [0.25, 0.3) is 0 Å². The van der Waals surface area contributed by atoms with Gasteiger partial charge < -0.3 is 14.8 Å². The van der Waals surface area contributed by atoms with Crippen molar-refractivity contribution in [3.05, 3.63) is 47.5 Å². The Morgan fingerprint density at radius 1 is 1.07 bits per heavy atom. The van der Waals surface area contributed by atoms with Crippen LogP contribution in [0.1, 0.15) is 12.8 Å². The van der Waals surface area contributed by atoms with Gasteiger partial charge in [-0.3, -0.25) is 4.79 Å². The quantitative estimate of drug-likeness (QED) is 0.763. The van der Waals surface area contributed by atoms with Gasteiger partial charge in [-0.1, -0.05) is 23.7 Å². The molecule has 2 aromatic carbocycles. The molecule has 0 bridgehead atoms. The van der Waals surface area contributed by atoms with Crippen LogP contribution in [0.15, 0.2) is 47.4 Å². The van der Waals surface area contributed by atoms with Gasteiger partial charge >= 0.3 is 0 Å². The van der Waals surface area contributed by atoms with Crippen molar-refractivity contribution in [3.63, 3.8) is 0 Å². The van der Waals surface area contributed by atoms with Gasteiger partial charge in [0.1, 0.15) is 4.90 Å². The lowest BCUT2D eigenvalue weighted by molar-refractivity contribution is -0.116. The van der Waals surface area contributed by atoms with Gasteiger partial charge in [0.25, 0.3) is 0 Å². The average Bonchev–Trinajstić information content (AvgIpc) is 2.86. The first-order chi connectivity index (χ1) is 13.0. The Kier molecular flexibility index (Phi) is 6.20. The van der Waals surface area contributed by atoms with Crippen molar-refractivity contribution in [3.8, 4) is 11.5 Å². The summed E-state index contributed by atoms with van der Waals surface area (Å²) in [7, 11) is -3.77. The average molecular weight is 411 g/mol. The molecule has 2 aromatic rings. The van der Waals surface area contributed by atoms with Gasteiger partial charge in [-0.2, -0.15) is 0 Å². The zero-order chi connectivity index (χ0) is 19.3. The molecule has 0 unspecified atom stereocenters. The second-order valence-electron chi connectivity index (χ2n) is 5.84. The van der Waals surface area contributed by atoms with Gasteiger partial charge in [0.05, 0.1) is 18.2 Å². The highest BCUT2D eigenvalue weighted by Crippen LogP contribution is 2.32. The first-order valence-electron chi connectivity index (χ1n) is 8.39. The Morgan fingerprint density at radius 2 is 1.81 bits per heavy atom. The molecule has 2 N–H and O–H groups in total. The third-order valence-corrected chi connectivity index (χ3v) is 5.76. The number of carbonyl (C=O) groups excluding carboxylic acids is 1. The minimum absolute atomic E-state index is 0.0185. The number of rotatable bonds is 6. The number of anilines is 1. The second-order valence-corrected chi connectivity index (χ2v) is 7.98. The number of halogens is 1. The number of benzene rings is 2. The molecular weight excluding hydrogens is 392 g/mol. The number of nitrogens with one attached hydrogen (secondary N) is 2. The lowest BCUT2D eigenvalue weighted by Crippen LogP contribution is -2.28. The van der Waals surface area contributed by atoms with E-state index in [4.69, 9.17) is 21.1 Å². The predicted octanol–water partition coefficient (Wildman–Crippen LogP) is 2.81. The van der Waals surface area contributed by atoms with E-state index in [0.717, 1.165) is 6.42 Å². The normalized spacial score (nSPS) is 13.7. The minimum Gasteiger partial charge on any atom is -0.490 e. The van der Waals surface area contributed by atoms with E-state index in [-0.39, 0.29) is 28.8 Å². The largest absolute Gasteiger partial charge is 0.490 e. The summed E-state index contributed by atoms with van der Waals surface area (Å²) in [6.45, 7) is 1.09. The topological polar surface area (TPSA) is 93.7 Å². The van der Waals surface area contributed by atoms with E-state index < -0.39 is 10.0 Å². The SMILES string of the molecule is O=C(CCNS(=O)(=O)c1ccccc1Cl)Nc1ccc2c(c1)OCCCO2. The molecule has 1 heterocycles. The Labute approximate surface area is 162 Å². The Hall–Kier alpha value is -2.29. The molecule has 9 heteroatoms. The summed E-state index contributed by atoms with van der Waals surface area (Å²) in [5.41, 5.74) is 0.554. The zero-order valence-electron chi connectivity index (χ0n) is 14.4. The maximum absolute atomic E-state index is 12.2. The highest BCUT2D eigenvalue weighted by Gasteiger charge is 2.17. The van der Waals surface area contributed by atoms with Crippen molar-refractivity contribution in [2.24, 2.45) is 0 Å². The summed E-state index contributed by atoms with van der Waals surface area (Å²) < 4.78 is 37.9. The molecule has 0 radical (unpaired) electrons. The van der Waals surface area contributed by atoms with Crippen LogP contribution in [-0.2, 0) is 14.8 Å². The fourth-order valence-electron chi connectivity index (χ4n) is 2.50. The number of fused-ring (bicyclic) bond motifs is 1. The van der Waals surface area contributed by atoms with Crippen LogP contribution in [-0.4, -0.2) is 34.1 Å². The van der Waals surface area contributed by atoms with E-state index in [2.05, 4.69) is 10.0 Å². The van der Waals surface area contributed by atoms with Crippen molar-refractivity contribution in [2.45, 2.75) is 17.7 Å². The molecule has 0 aliphatic carbocycles. The molecule has 0 fully saturated rings. The lowest BCUT2D eigenvalue weighted by Gasteiger charge is -2.11. The molecular formula is C18H19ClN2O5S. The van der Waals surface area contributed by atoms with Gasteiger partial charge in [0.15, 0.2) is 11.5 Å². The summed E-state index contributed by atoms with van der Waals surface area (Å²) in [5.74, 6) is 0.883. The first kappa shape index (κ1) is 19.5. The summed E-state index contributed by atoms with van der Waals surface area (Å²) >= 11 is 5.91. The molecule has 27 heavy (non-hydrogen) atoms. The Morgan fingerprint density at radius 3 is 2.59 bits per heavy atom. The van der Waals surface area contributed by atoms with Gasteiger partial charge in [-0.05, 0) is 24.3 Å². The summed E-state index contributed by atoms with van der Waals surface area (Å²) in [6.07, 6.45) is 0.764. The fourth-order valence-corrected chi connectivity index (χ4v) is 4.05. The van der Waals surface area contributed by atoms with Crippen molar-refractivity contribution < 1.29 is 22.7 Å². The Bertz CT molecular complexity index is 933. The molecule has 3 rings (SSSR count). The van der Waals surface area contributed by atoms with E-state index in [1.165, 1.54) is 12.1 Å². The number of sulfonamides is 1. The van der Waals surface area contributed by atoms with Crippen LogP contribution in [0.4, 0.5) is 5.69 Å². The highest BCUT2D eigenvalue weighted by molar-refractivity contribution is 7.89. The van der Waals surface area contributed by atoms with Gasteiger partial charge in [0, 0.05) is 31.1 Å². The molecule has 7 nitrogen and oxygen atoms in total. The summed E-state index contributed by atoms with van der Waals surface area (Å²) in [6, 6.07) is 11.2. The molecule has 0 spiro atoms. The standard InChI is InChI=1S/C18H19ClN2O5S/c19-14-4-1-2-5-17(14)27(23,24)20-9-8-18(22)21-13-6-7-15-16(12-13)26-11-3-10-25-15/h1-2,4-7,12,20H,3,8-11H2,(H,21,22). The molecule has 1 aliphatic rings. The van der Waals surface area contributed by atoms with E-state index in [0.29, 0.717) is 30.4 Å². The minimum atomic E-state index is -3.77. The predicted molar refractivity (Wildman–Crippen MR) is 102 cm³/mol. The van der Waals surface area contributed by atoms with Crippen molar-refractivity contribution in [1.29, 1.82) is 0 Å². The van der Waals surface area contributed by atoms with Crippen LogP contribution < -0.4 is 19.5 Å². The summed E-state index contributed by atoms with van der Waals surface area (Å²) in [5, 5.41) is 2.84. The third kappa shape index (κ3) is 5.12. The van der Waals surface area contributed by atoms with Crippen LogP contribution in [0, 0.1) is 0 Å². The van der Waals surface area contributed by atoms with Crippen molar-refractivity contribution in [2.75, 3.05) is 25.1 Å².